The fourth-order valence-electron chi connectivity index (χ4n) is 3.52. The van der Waals surface area contributed by atoms with Crippen LogP contribution < -0.4 is 10.9 Å². The van der Waals surface area contributed by atoms with Crippen LogP contribution in [0.25, 0.3) is 10.8 Å². The topological polar surface area (TPSA) is 95.6 Å². The molecule has 0 aromatic heterocycles. The van der Waals surface area contributed by atoms with E-state index < -0.39 is 15.9 Å². The maximum Gasteiger partial charge on any atom is 0.269 e. The second kappa shape index (κ2) is 9.72. The van der Waals surface area contributed by atoms with Gasteiger partial charge in [0.05, 0.1) is 10.6 Å². The molecule has 166 valence electrons. The van der Waals surface area contributed by atoms with Crippen molar-refractivity contribution >= 4 is 44.4 Å². The molecule has 0 atom stereocenters. The van der Waals surface area contributed by atoms with Gasteiger partial charge in [0.2, 0.25) is 15.9 Å². The number of benzene rings is 3. The van der Waals surface area contributed by atoms with Crippen molar-refractivity contribution in [2.75, 3.05) is 18.8 Å². The lowest BCUT2D eigenvalue weighted by atomic mass is 10.1. The molecular weight excluding hydrogens is 446 g/mol. The van der Waals surface area contributed by atoms with Crippen molar-refractivity contribution in [3.05, 3.63) is 72.3 Å². The summed E-state index contributed by atoms with van der Waals surface area (Å²) >= 11 is 1.36. The summed E-state index contributed by atoms with van der Waals surface area (Å²) < 4.78 is 26.8. The first-order valence-corrected chi connectivity index (χ1v) is 12.7. The lowest BCUT2D eigenvalue weighted by Crippen LogP contribution is -2.42. The van der Waals surface area contributed by atoms with E-state index in [-0.39, 0.29) is 22.1 Å². The summed E-state index contributed by atoms with van der Waals surface area (Å²) in [5, 5.41) is 2.22. The predicted molar refractivity (Wildman–Crippen MR) is 125 cm³/mol. The van der Waals surface area contributed by atoms with E-state index in [0.717, 1.165) is 28.5 Å². The molecule has 7 nitrogen and oxygen atoms in total. The number of nitrogens with one attached hydrogen (secondary N) is 2. The Balaban J connectivity index is 1.32. The van der Waals surface area contributed by atoms with Crippen LogP contribution in [0, 0.1) is 0 Å². The minimum atomic E-state index is -3.62. The number of hydrogen-bond acceptors (Lipinski definition) is 5. The molecule has 3 aromatic rings. The number of sulfonamides is 1. The highest BCUT2D eigenvalue weighted by atomic mass is 32.2. The van der Waals surface area contributed by atoms with E-state index >= 15 is 0 Å². The molecule has 3 aromatic carbocycles. The number of carbonyl (C=O) groups excluding carboxylic acids is 2. The van der Waals surface area contributed by atoms with Crippen LogP contribution in [0.4, 0.5) is 0 Å². The molecule has 1 aliphatic rings. The summed E-state index contributed by atoms with van der Waals surface area (Å²) in [6.45, 7) is 0.980. The number of amides is 2. The predicted octanol–water partition coefficient (Wildman–Crippen LogP) is 3.18. The molecule has 0 unspecified atom stereocenters. The van der Waals surface area contributed by atoms with Crippen molar-refractivity contribution in [3.8, 4) is 0 Å². The average Bonchev–Trinajstić information content (AvgIpc) is 3.37. The van der Waals surface area contributed by atoms with Crippen LogP contribution >= 0.6 is 11.8 Å². The molecule has 4 rings (SSSR count). The van der Waals surface area contributed by atoms with E-state index in [1.165, 1.54) is 40.3 Å². The number of nitrogens with zero attached hydrogens (tertiary/aromatic N) is 1. The van der Waals surface area contributed by atoms with Crippen LogP contribution in [-0.4, -0.2) is 43.4 Å². The van der Waals surface area contributed by atoms with Crippen molar-refractivity contribution in [2.24, 2.45) is 0 Å². The van der Waals surface area contributed by atoms with Gasteiger partial charge in [-0.05, 0) is 53.9 Å². The van der Waals surface area contributed by atoms with E-state index in [9.17, 15) is 18.0 Å². The molecule has 0 radical (unpaired) electrons. The molecule has 0 saturated carbocycles. The molecule has 1 heterocycles. The van der Waals surface area contributed by atoms with Gasteiger partial charge in [0.1, 0.15) is 0 Å². The van der Waals surface area contributed by atoms with Crippen LogP contribution in [0.2, 0.25) is 0 Å². The number of carbonyl (C=O) groups is 2. The molecule has 2 N–H and O–H groups in total. The van der Waals surface area contributed by atoms with Crippen molar-refractivity contribution in [3.63, 3.8) is 0 Å². The van der Waals surface area contributed by atoms with Crippen LogP contribution in [0.15, 0.2) is 76.5 Å². The molecule has 1 aliphatic heterocycles. The summed E-state index contributed by atoms with van der Waals surface area (Å²) in [4.78, 5) is 25.6. The smallest absolute Gasteiger partial charge is 0.269 e. The summed E-state index contributed by atoms with van der Waals surface area (Å²) in [6.07, 6.45) is 1.67. The van der Waals surface area contributed by atoms with Gasteiger partial charge in [0, 0.05) is 23.5 Å². The number of thioether (sulfide) groups is 1. The molecule has 0 aliphatic carbocycles. The summed E-state index contributed by atoms with van der Waals surface area (Å²) in [6, 6.07) is 19.8. The van der Waals surface area contributed by atoms with E-state index in [1.54, 1.807) is 0 Å². The lowest BCUT2D eigenvalue weighted by molar-refractivity contribution is -0.119. The van der Waals surface area contributed by atoms with Gasteiger partial charge in [-0.1, -0.05) is 36.4 Å². The van der Waals surface area contributed by atoms with Crippen molar-refractivity contribution in [1.29, 1.82) is 0 Å². The second-order valence-corrected chi connectivity index (χ2v) is 10.4. The van der Waals surface area contributed by atoms with Crippen molar-refractivity contribution in [1.82, 2.24) is 15.2 Å². The highest BCUT2D eigenvalue weighted by Gasteiger charge is 2.27. The maximum absolute atomic E-state index is 12.7. The third-order valence-electron chi connectivity index (χ3n) is 5.21. The number of hydrazine groups is 1. The normalized spacial score (nSPS) is 14.4. The molecule has 1 saturated heterocycles. The van der Waals surface area contributed by atoms with Gasteiger partial charge in [0.15, 0.2) is 0 Å². The third kappa shape index (κ3) is 5.12. The first-order valence-electron chi connectivity index (χ1n) is 10.2. The Morgan fingerprint density at radius 1 is 0.875 bits per heavy atom. The zero-order valence-electron chi connectivity index (χ0n) is 17.3. The van der Waals surface area contributed by atoms with Crippen molar-refractivity contribution < 1.29 is 18.0 Å². The van der Waals surface area contributed by atoms with E-state index in [2.05, 4.69) is 10.9 Å². The Labute approximate surface area is 191 Å². The van der Waals surface area contributed by atoms with Crippen LogP contribution in [0.5, 0.6) is 0 Å². The van der Waals surface area contributed by atoms with Gasteiger partial charge in [-0.2, -0.15) is 4.31 Å². The summed E-state index contributed by atoms with van der Waals surface area (Å²) in [7, 11) is -3.62. The fourth-order valence-corrected chi connectivity index (χ4v) is 5.82. The minimum Gasteiger partial charge on any atom is -0.272 e. The number of rotatable bonds is 6. The van der Waals surface area contributed by atoms with Gasteiger partial charge >= 0.3 is 0 Å². The van der Waals surface area contributed by atoms with Gasteiger partial charge in [-0.25, -0.2) is 8.42 Å². The molecule has 2 amide bonds. The zero-order valence-corrected chi connectivity index (χ0v) is 18.9. The number of hydrogen-bond donors (Lipinski definition) is 2. The Kier molecular flexibility index (Phi) is 6.78. The Bertz CT molecular complexity index is 1250. The van der Waals surface area contributed by atoms with Gasteiger partial charge in [-0.3, -0.25) is 20.4 Å². The monoisotopic (exact) mass is 469 g/mol. The largest absolute Gasteiger partial charge is 0.272 e. The van der Waals surface area contributed by atoms with Crippen molar-refractivity contribution in [2.45, 2.75) is 22.6 Å². The quantitative estimate of drug-likeness (QED) is 0.427. The number of fused-ring (bicyclic) bond motifs is 1. The van der Waals surface area contributed by atoms with Gasteiger partial charge < -0.3 is 0 Å². The van der Waals surface area contributed by atoms with Gasteiger partial charge in [-0.15, -0.1) is 11.8 Å². The van der Waals surface area contributed by atoms with Crippen LogP contribution in [0.3, 0.4) is 0 Å². The molecule has 32 heavy (non-hydrogen) atoms. The van der Waals surface area contributed by atoms with E-state index in [0.29, 0.717) is 13.1 Å². The highest BCUT2D eigenvalue weighted by Crippen LogP contribution is 2.24. The van der Waals surface area contributed by atoms with E-state index in [4.69, 9.17) is 0 Å². The van der Waals surface area contributed by atoms with Crippen LogP contribution in [-0.2, 0) is 14.8 Å². The van der Waals surface area contributed by atoms with Crippen LogP contribution in [0.1, 0.15) is 23.2 Å². The zero-order chi connectivity index (χ0) is 22.6. The summed E-state index contributed by atoms with van der Waals surface area (Å²) in [5.74, 6) is -0.813. The second-order valence-electron chi connectivity index (χ2n) is 7.44. The van der Waals surface area contributed by atoms with Gasteiger partial charge in [0.25, 0.3) is 5.91 Å². The Morgan fingerprint density at radius 3 is 2.41 bits per heavy atom. The third-order valence-corrected chi connectivity index (χ3v) is 8.09. The molecule has 1 fully saturated rings. The first kappa shape index (κ1) is 22.3. The molecule has 9 heteroatoms. The average molecular weight is 470 g/mol. The Morgan fingerprint density at radius 2 is 1.62 bits per heavy atom. The highest BCUT2D eigenvalue weighted by molar-refractivity contribution is 8.00. The SMILES string of the molecule is O=C(CSc1ccc2ccccc2c1)NNC(=O)c1cccc(S(=O)(=O)N2CCCC2)c1. The fraction of sp³-hybridized carbons (Fsp3) is 0.217. The molecule has 0 bridgehead atoms. The summed E-state index contributed by atoms with van der Waals surface area (Å²) in [5.41, 5.74) is 4.90. The minimum absolute atomic E-state index is 0.0743. The first-order chi connectivity index (χ1) is 15.4. The maximum atomic E-state index is 12.7. The van der Waals surface area contributed by atoms with E-state index in [1.807, 2.05) is 42.5 Å². The lowest BCUT2D eigenvalue weighted by Gasteiger charge is -2.16. The Hall–Kier alpha value is -2.88. The standard InChI is InChI=1S/C23H23N3O4S2/c27-22(16-31-20-11-10-17-6-1-2-7-18(17)14-20)24-25-23(28)19-8-5-9-21(15-19)32(29,30)26-12-3-4-13-26/h1-2,5-11,14-15H,3-4,12-13,16H2,(H,24,27)(H,25,28). The molecule has 0 spiro atoms. The molecular formula is C23H23N3O4S2.